The van der Waals surface area contributed by atoms with E-state index in [4.69, 9.17) is 16.1 Å². The lowest BCUT2D eigenvalue weighted by atomic mass is 10.2. The molecule has 4 nitrogen and oxygen atoms in total. The Morgan fingerprint density at radius 3 is 3.00 bits per heavy atom. The van der Waals surface area contributed by atoms with Crippen LogP contribution in [0.1, 0.15) is 18.6 Å². The van der Waals surface area contributed by atoms with Crippen LogP contribution < -0.4 is 0 Å². The van der Waals surface area contributed by atoms with E-state index in [1.165, 1.54) is 0 Å². The largest absolute Gasteiger partial charge is 0.340 e. The fraction of sp³-hybridized carbons (Fsp3) is 0.231. The van der Waals surface area contributed by atoms with E-state index in [1.807, 2.05) is 37.4 Å². The van der Waals surface area contributed by atoms with Gasteiger partial charge in [0.25, 0.3) is 0 Å². The van der Waals surface area contributed by atoms with Crippen molar-refractivity contribution in [3.8, 4) is 0 Å². The first-order valence-electron chi connectivity index (χ1n) is 5.82. The van der Waals surface area contributed by atoms with Crippen LogP contribution in [0.5, 0.6) is 0 Å². The summed E-state index contributed by atoms with van der Waals surface area (Å²) in [6.07, 6.45) is 2.76. The molecule has 2 heterocycles. The molecule has 0 bridgehead atoms. The lowest BCUT2D eigenvalue weighted by Gasteiger charge is -2.01. The summed E-state index contributed by atoms with van der Waals surface area (Å²) in [4.78, 5) is 4.30. The zero-order valence-electron chi connectivity index (χ0n) is 9.93. The second-order valence-corrected chi connectivity index (χ2v) is 4.54. The van der Waals surface area contributed by atoms with Crippen molar-refractivity contribution >= 4 is 22.5 Å². The van der Waals surface area contributed by atoms with Gasteiger partial charge in [0.2, 0.25) is 5.89 Å². The minimum Gasteiger partial charge on any atom is -0.340 e. The lowest BCUT2D eigenvalue weighted by molar-refractivity contribution is 0.375. The van der Waals surface area contributed by atoms with Gasteiger partial charge in [-0.1, -0.05) is 29.7 Å². The third kappa shape index (κ3) is 1.99. The van der Waals surface area contributed by atoms with E-state index in [2.05, 4.69) is 14.7 Å². The summed E-state index contributed by atoms with van der Waals surface area (Å²) in [5, 5.41) is 5.83. The van der Waals surface area contributed by atoms with Crippen LogP contribution in [0.15, 0.2) is 35.0 Å². The molecule has 0 radical (unpaired) electrons. The molecule has 92 valence electrons. The average molecular weight is 262 g/mol. The molecule has 0 amide bonds. The molecule has 3 rings (SSSR count). The Bertz CT molecular complexity index is 686. The van der Waals surface area contributed by atoms with Crippen LogP contribution in [-0.2, 0) is 13.0 Å². The van der Waals surface area contributed by atoms with Gasteiger partial charge in [-0.3, -0.25) is 0 Å². The summed E-state index contributed by atoms with van der Waals surface area (Å²) in [5.74, 6) is 1.35. The standard InChI is InChI=1S/C13H12ClN3O/c1-2-13-15-12(16-18-13)8-17-6-5-9-3-4-10(14)7-11(9)17/h3-7H,2,8H2,1H3. The van der Waals surface area contributed by atoms with Crippen molar-refractivity contribution in [2.75, 3.05) is 0 Å². The van der Waals surface area contributed by atoms with Gasteiger partial charge < -0.3 is 9.09 Å². The highest BCUT2D eigenvalue weighted by Gasteiger charge is 2.07. The Morgan fingerprint density at radius 1 is 1.33 bits per heavy atom. The van der Waals surface area contributed by atoms with Crippen LogP contribution in [0.25, 0.3) is 10.9 Å². The summed E-state index contributed by atoms with van der Waals surface area (Å²) in [5.41, 5.74) is 1.07. The Kier molecular flexibility index (Phi) is 2.80. The highest BCUT2D eigenvalue weighted by molar-refractivity contribution is 6.31. The number of aromatic nitrogens is 3. The van der Waals surface area contributed by atoms with E-state index in [-0.39, 0.29) is 0 Å². The molecule has 0 atom stereocenters. The predicted octanol–water partition coefficient (Wildman–Crippen LogP) is 3.29. The van der Waals surface area contributed by atoms with Crippen molar-refractivity contribution in [3.05, 3.63) is 47.2 Å². The molecule has 0 spiro atoms. The molecule has 5 heteroatoms. The van der Waals surface area contributed by atoms with Crippen LogP contribution in [0, 0.1) is 0 Å². The summed E-state index contributed by atoms with van der Waals surface area (Å²) in [6, 6.07) is 7.88. The Morgan fingerprint density at radius 2 is 2.22 bits per heavy atom. The number of nitrogens with zero attached hydrogens (tertiary/aromatic N) is 3. The second-order valence-electron chi connectivity index (χ2n) is 4.10. The molecule has 0 unspecified atom stereocenters. The Balaban J connectivity index is 1.96. The van der Waals surface area contributed by atoms with Gasteiger partial charge in [0.15, 0.2) is 5.82 Å². The molecular weight excluding hydrogens is 250 g/mol. The number of fused-ring (bicyclic) bond motifs is 1. The normalized spacial score (nSPS) is 11.2. The first-order valence-corrected chi connectivity index (χ1v) is 6.20. The van der Waals surface area contributed by atoms with Crippen LogP contribution in [-0.4, -0.2) is 14.7 Å². The highest BCUT2D eigenvalue weighted by atomic mass is 35.5. The van der Waals surface area contributed by atoms with Crippen LogP contribution in [0.2, 0.25) is 5.02 Å². The Labute approximate surface area is 109 Å². The zero-order valence-corrected chi connectivity index (χ0v) is 10.7. The quantitative estimate of drug-likeness (QED) is 0.727. The molecule has 0 aliphatic heterocycles. The van der Waals surface area contributed by atoms with E-state index in [0.717, 1.165) is 22.3 Å². The van der Waals surface area contributed by atoms with Crippen molar-refractivity contribution < 1.29 is 4.52 Å². The fourth-order valence-corrected chi connectivity index (χ4v) is 2.11. The summed E-state index contributed by atoms with van der Waals surface area (Å²) < 4.78 is 7.16. The molecular formula is C13H12ClN3O. The van der Waals surface area contributed by atoms with Gasteiger partial charge >= 0.3 is 0 Å². The van der Waals surface area contributed by atoms with Crippen molar-refractivity contribution in [1.82, 2.24) is 14.7 Å². The maximum Gasteiger partial charge on any atom is 0.226 e. The number of benzene rings is 1. The first-order chi connectivity index (χ1) is 8.76. The van der Waals surface area contributed by atoms with Gasteiger partial charge in [-0.25, -0.2) is 0 Å². The molecule has 0 aliphatic carbocycles. The van der Waals surface area contributed by atoms with E-state index in [0.29, 0.717) is 18.3 Å². The van der Waals surface area contributed by atoms with Crippen molar-refractivity contribution in [3.63, 3.8) is 0 Å². The molecule has 2 aromatic heterocycles. The first kappa shape index (κ1) is 11.3. The highest BCUT2D eigenvalue weighted by Crippen LogP contribution is 2.21. The monoisotopic (exact) mass is 261 g/mol. The number of halogens is 1. The fourth-order valence-electron chi connectivity index (χ4n) is 1.95. The van der Waals surface area contributed by atoms with Gasteiger partial charge in [0.05, 0.1) is 6.54 Å². The molecule has 0 N–H and O–H groups in total. The maximum absolute atomic E-state index is 6.01. The molecule has 3 aromatic rings. The van der Waals surface area contributed by atoms with Crippen molar-refractivity contribution in [2.24, 2.45) is 0 Å². The van der Waals surface area contributed by atoms with Gasteiger partial charge in [-0.15, -0.1) is 0 Å². The number of hydrogen-bond donors (Lipinski definition) is 0. The zero-order chi connectivity index (χ0) is 12.5. The lowest BCUT2D eigenvalue weighted by Crippen LogP contribution is -1.99. The van der Waals surface area contributed by atoms with Crippen LogP contribution in [0.4, 0.5) is 0 Å². The number of aryl methyl sites for hydroxylation is 1. The molecule has 1 aromatic carbocycles. The van der Waals surface area contributed by atoms with Gasteiger partial charge in [0.1, 0.15) is 0 Å². The van der Waals surface area contributed by atoms with Gasteiger partial charge in [0, 0.05) is 23.2 Å². The van der Waals surface area contributed by atoms with Crippen LogP contribution >= 0.6 is 11.6 Å². The molecule has 0 fully saturated rings. The molecule has 0 aliphatic rings. The van der Waals surface area contributed by atoms with Gasteiger partial charge in [-0.2, -0.15) is 4.98 Å². The summed E-state index contributed by atoms with van der Waals surface area (Å²) in [6.45, 7) is 2.58. The van der Waals surface area contributed by atoms with E-state index < -0.39 is 0 Å². The third-order valence-electron chi connectivity index (χ3n) is 2.86. The third-order valence-corrected chi connectivity index (χ3v) is 3.10. The Hall–Kier alpha value is -1.81. The minimum absolute atomic E-state index is 0.591. The second kappa shape index (κ2) is 4.46. The average Bonchev–Trinajstić information content (AvgIpc) is 2.97. The maximum atomic E-state index is 6.01. The SMILES string of the molecule is CCc1nc(Cn2ccc3ccc(Cl)cc32)no1. The van der Waals surface area contributed by atoms with Crippen molar-refractivity contribution in [1.29, 1.82) is 0 Å². The predicted molar refractivity (Wildman–Crippen MR) is 69.7 cm³/mol. The summed E-state index contributed by atoms with van der Waals surface area (Å²) in [7, 11) is 0. The molecule has 18 heavy (non-hydrogen) atoms. The van der Waals surface area contributed by atoms with Gasteiger partial charge in [-0.05, 0) is 23.6 Å². The van der Waals surface area contributed by atoms with E-state index in [1.54, 1.807) is 0 Å². The van der Waals surface area contributed by atoms with Crippen molar-refractivity contribution in [2.45, 2.75) is 19.9 Å². The van der Waals surface area contributed by atoms with E-state index >= 15 is 0 Å². The van der Waals surface area contributed by atoms with E-state index in [9.17, 15) is 0 Å². The molecule has 0 saturated carbocycles. The van der Waals surface area contributed by atoms with Crippen LogP contribution in [0.3, 0.4) is 0 Å². The minimum atomic E-state index is 0.591. The number of hydrogen-bond acceptors (Lipinski definition) is 3. The smallest absolute Gasteiger partial charge is 0.226 e. The summed E-state index contributed by atoms with van der Waals surface area (Å²) >= 11 is 6.01. The number of rotatable bonds is 3. The molecule has 0 saturated heterocycles. The topological polar surface area (TPSA) is 43.9 Å².